The maximum absolute atomic E-state index is 6.01. The molecule has 1 aromatic carbocycles. The molecule has 0 N–H and O–H groups in total. The zero-order valence-corrected chi connectivity index (χ0v) is 12.0. The Morgan fingerprint density at radius 3 is 2.84 bits per heavy atom. The van der Waals surface area contributed by atoms with Gasteiger partial charge in [-0.1, -0.05) is 31.2 Å². The predicted molar refractivity (Wildman–Crippen MR) is 81.9 cm³/mol. The van der Waals surface area contributed by atoms with Crippen molar-refractivity contribution in [1.29, 1.82) is 0 Å². The van der Waals surface area contributed by atoms with E-state index in [1.165, 1.54) is 23.6 Å². The van der Waals surface area contributed by atoms with Gasteiger partial charge in [-0.05, 0) is 29.7 Å². The number of anilines is 1. The topological polar surface area (TPSA) is 16.1 Å². The summed E-state index contributed by atoms with van der Waals surface area (Å²) in [4.78, 5) is 7.10. The van der Waals surface area contributed by atoms with Gasteiger partial charge >= 0.3 is 0 Å². The molecule has 1 fully saturated rings. The molecule has 1 aromatic heterocycles. The standard InChI is InChI=1S/C16H19ClN2/c1-12-5-4-8-19(11-12)16-15-7-3-2-6-14(15)13(9-17)10-18-16/h2-3,6-7,10,12H,4-5,8-9,11H2,1H3. The fraction of sp³-hybridized carbons (Fsp3) is 0.438. The Bertz CT molecular complexity index is 582. The van der Waals surface area contributed by atoms with Crippen molar-refractivity contribution in [1.82, 2.24) is 4.98 Å². The summed E-state index contributed by atoms with van der Waals surface area (Å²) in [6.45, 7) is 4.54. The van der Waals surface area contributed by atoms with Crippen molar-refractivity contribution in [2.45, 2.75) is 25.6 Å². The van der Waals surface area contributed by atoms with Crippen LogP contribution < -0.4 is 4.90 Å². The molecule has 3 heteroatoms. The lowest BCUT2D eigenvalue weighted by molar-refractivity contribution is 0.445. The van der Waals surface area contributed by atoms with Gasteiger partial charge in [0.1, 0.15) is 5.82 Å². The van der Waals surface area contributed by atoms with Crippen molar-refractivity contribution >= 4 is 28.2 Å². The highest BCUT2D eigenvalue weighted by Gasteiger charge is 2.19. The first-order valence-electron chi connectivity index (χ1n) is 6.97. The number of aromatic nitrogens is 1. The Labute approximate surface area is 119 Å². The molecule has 1 saturated heterocycles. The van der Waals surface area contributed by atoms with Crippen LogP contribution in [0.5, 0.6) is 0 Å². The van der Waals surface area contributed by atoms with E-state index in [1.54, 1.807) is 0 Å². The largest absolute Gasteiger partial charge is 0.356 e. The number of benzene rings is 1. The molecule has 2 nitrogen and oxygen atoms in total. The van der Waals surface area contributed by atoms with Crippen LogP contribution in [-0.2, 0) is 5.88 Å². The zero-order chi connectivity index (χ0) is 13.2. The van der Waals surface area contributed by atoms with Crippen LogP contribution in [0.2, 0.25) is 0 Å². The van der Waals surface area contributed by atoms with Crippen LogP contribution in [0.3, 0.4) is 0 Å². The van der Waals surface area contributed by atoms with Crippen molar-refractivity contribution in [2.75, 3.05) is 18.0 Å². The molecule has 0 radical (unpaired) electrons. The molecule has 100 valence electrons. The highest BCUT2D eigenvalue weighted by molar-refractivity contribution is 6.18. The molecule has 0 aliphatic carbocycles. The SMILES string of the molecule is CC1CCCN(c2ncc(CCl)c3ccccc23)C1. The highest BCUT2D eigenvalue weighted by atomic mass is 35.5. The van der Waals surface area contributed by atoms with Crippen LogP contribution in [0.15, 0.2) is 30.5 Å². The van der Waals surface area contributed by atoms with E-state index in [0.29, 0.717) is 5.88 Å². The third kappa shape index (κ3) is 2.42. The van der Waals surface area contributed by atoms with Gasteiger partial charge in [-0.15, -0.1) is 11.6 Å². The van der Waals surface area contributed by atoms with Gasteiger partial charge in [0.25, 0.3) is 0 Å². The van der Waals surface area contributed by atoms with Crippen molar-refractivity contribution in [2.24, 2.45) is 5.92 Å². The average molecular weight is 275 g/mol. The van der Waals surface area contributed by atoms with Crippen LogP contribution in [0, 0.1) is 5.92 Å². The van der Waals surface area contributed by atoms with Crippen LogP contribution >= 0.6 is 11.6 Å². The second kappa shape index (κ2) is 5.38. The number of nitrogens with zero attached hydrogens (tertiary/aromatic N) is 2. The number of rotatable bonds is 2. The molecule has 1 atom stereocenters. The number of halogens is 1. The minimum Gasteiger partial charge on any atom is -0.356 e. The minimum absolute atomic E-state index is 0.518. The summed E-state index contributed by atoms with van der Waals surface area (Å²) in [5.74, 6) is 2.39. The fourth-order valence-electron chi connectivity index (χ4n) is 2.98. The molecule has 2 heterocycles. The molecular formula is C16H19ClN2. The molecule has 0 spiro atoms. The molecule has 2 aromatic rings. The minimum atomic E-state index is 0.518. The van der Waals surface area contributed by atoms with Gasteiger partial charge in [-0.2, -0.15) is 0 Å². The molecule has 0 saturated carbocycles. The van der Waals surface area contributed by atoms with E-state index in [9.17, 15) is 0 Å². The lowest BCUT2D eigenvalue weighted by atomic mass is 9.99. The van der Waals surface area contributed by atoms with Crippen LogP contribution in [0.25, 0.3) is 10.8 Å². The average Bonchev–Trinajstić information content (AvgIpc) is 2.46. The fourth-order valence-corrected chi connectivity index (χ4v) is 3.19. The van der Waals surface area contributed by atoms with Crippen LogP contribution in [0.1, 0.15) is 25.3 Å². The number of hydrogen-bond acceptors (Lipinski definition) is 2. The van der Waals surface area contributed by atoms with Gasteiger partial charge in [0, 0.05) is 30.6 Å². The molecule has 1 unspecified atom stereocenters. The van der Waals surface area contributed by atoms with E-state index in [0.717, 1.165) is 30.4 Å². The third-order valence-corrected chi connectivity index (χ3v) is 4.25. The summed E-state index contributed by atoms with van der Waals surface area (Å²) < 4.78 is 0. The Kier molecular flexibility index (Phi) is 3.61. The molecule has 1 aliphatic heterocycles. The van der Waals surface area contributed by atoms with E-state index in [1.807, 2.05) is 6.20 Å². The van der Waals surface area contributed by atoms with E-state index in [4.69, 9.17) is 11.6 Å². The summed E-state index contributed by atoms with van der Waals surface area (Å²) in [5, 5.41) is 2.47. The number of fused-ring (bicyclic) bond motifs is 1. The van der Waals surface area contributed by atoms with Crippen molar-refractivity contribution < 1.29 is 0 Å². The Morgan fingerprint density at radius 2 is 2.11 bits per heavy atom. The molecule has 1 aliphatic rings. The molecular weight excluding hydrogens is 256 g/mol. The second-order valence-electron chi connectivity index (χ2n) is 5.48. The van der Waals surface area contributed by atoms with Gasteiger partial charge < -0.3 is 4.90 Å². The summed E-state index contributed by atoms with van der Waals surface area (Å²) in [7, 11) is 0. The lowest BCUT2D eigenvalue weighted by Gasteiger charge is -2.32. The maximum atomic E-state index is 6.01. The normalized spacial score (nSPS) is 19.9. The van der Waals surface area contributed by atoms with Crippen LogP contribution in [0.4, 0.5) is 5.82 Å². The molecule has 0 bridgehead atoms. The summed E-state index contributed by atoms with van der Waals surface area (Å²) in [5.41, 5.74) is 1.12. The summed E-state index contributed by atoms with van der Waals surface area (Å²) in [6.07, 6.45) is 4.52. The maximum Gasteiger partial charge on any atom is 0.136 e. The summed E-state index contributed by atoms with van der Waals surface area (Å²) in [6, 6.07) is 8.46. The Morgan fingerprint density at radius 1 is 1.32 bits per heavy atom. The van der Waals surface area contributed by atoms with Crippen molar-refractivity contribution in [3.05, 3.63) is 36.0 Å². The monoisotopic (exact) mass is 274 g/mol. The Balaban J connectivity index is 2.09. The van der Waals surface area contributed by atoms with E-state index in [2.05, 4.69) is 41.1 Å². The van der Waals surface area contributed by atoms with Gasteiger partial charge in [0.15, 0.2) is 0 Å². The number of piperidine rings is 1. The first-order chi connectivity index (χ1) is 9.29. The van der Waals surface area contributed by atoms with Gasteiger partial charge in [-0.25, -0.2) is 4.98 Å². The van der Waals surface area contributed by atoms with Gasteiger partial charge in [-0.3, -0.25) is 0 Å². The zero-order valence-electron chi connectivity index (χ0n) is 11.3. The number of pyridine rings is 1. The highest BCUT2D eigenvalue weighted by Crippen LogP contribution is 2.30. The first-order valence-corrected chi connectivity index (χ1v) is 7.50. The van der Waals surface area contributed by atoms with Gasteiger partial charge in [0.05, 0.1) is 0 Å². The first kappa shape index (κ1) is 12.7. The van der Waals surface area contributed by atoms with E-state index < -0.39 is 0 Å². The van der Waals surface area contributed by atoms with Gasteiger partial charge in [0.2, 0.25) is 0 Å². The van der Waals surface area contributed by atoms with Crippen molar-refractivity contribution in [3.8, 4) is 0 Å². The second-order valence-corrected chi connectivity index (χ2v) is 5.75. The molecule has 3 rings (SSSR count). The van der Waals surface area contributed by atoms with Crippen molar-refractivity contribution in [3.63, 3.8) is 0 Å². The van der Waals surface area contributed by atoms with Crippen LogP contribution in [-0.4, -0.2) is 18.1 Å². The predicted octanol–water partition coefficient (Wildman–Crippen LogP) is 4.21. The Hall–Kier alpha value is -1.28. The number of alkyl halides is 1. The third-order valence-electron chi connectivity index (χ3n) is 3.96. The van der Waals surface area contributed by atoms with E-state index in [-0.39, 0.29) is 0 Å². The smallest absolute Gasteiger partial charge is 0.136 e. The molecule has 0 amide bonds. The molecule has 19 heavy (non-hydrogen) atoms. The summed E-state index contributed by atoms with van der Waals surface area (Å²) >= 11 is 6.01. The quantitative estimate of drug-likeness (QED) is 0.763. The lowest BCUT2D eigenvalue weighted by Crippen LogP contribution is -2.34. The van der Waals surface area contributed by atoms with E-state index >= 15 is 0 Å². The number of hydrogen-bond donors (Lipinski definition) is 0.